The lowest BCUT2D eigenvalue weighted by atomic mass is 10.1. The minimum Gasteiger partial charge on any atom is -0.494 e. The van der Waals surface area contributed by atoms with Gasteiger partial charge in [-0.2, -0.15) is 0 Å². The molecule has 1 amide bonds. The first-order chi connectivity index (χ1) is 11.6. The van der Waals surface area contributed by atoms with Crippen LogP contribution in [0.1, 0.15) is 40.9 Å². The number of hydrogen-bond acceptors (Lipinski definition) is 3. The molecule has 1 aliphatic rings. The van der Waals surface area contributed by atoms with E-state index in [1.165, 1.54) is 5.56 Å². The zero-order valence-electron chi connectivity index (χ0n) is 14.4. The Bertz CT molecular complexity index is 755. The van der Waals surface area contributed by atoms with E-state index in [9.17, 15) is 4.79 Å². The van der Waals surface area contributed by atoms with Crippen LogP contribution in [0.15, 0.2) is 36.4 Å². The first-order valence-corrected chi connectivity index (χ1v) is 8.37. The molecule has 4 heteroatoms. The summed E-state index contributed by atoms with van der Waals surface area (Å²) in [4.78, 5) is 12.3. The van der Waals surface area contributed by atoms with Crippen molar-refractivity contribution < 1.29 is 14.3 Å². The van der Waals surface area contributed by atoms with Crippen molar-refractivity contribution in [1.82, 2.24) is 5.32 Å². The molecule has 0 fully saturated rings. The number of fused-ring (bicyclic) bond motifs is 1. The first-order valence-electron chi connectivity index (χ1n) is 8.37. The van der Waals surface area contributed by atoms with Crippen molar-refractivity contribution in [2.75, 3.05) is 6.61 Å². The van der Waals surface area contributed by atoms with Gasteiger partial charge in [-0.3, -0.25) is 4.79 Å². The molecule has 24 heavy (non-hydrogen) atoms. The summed E-state index contributed by atoms with van der Waals surface area (Å²) < 4.78 is 11.6. The van der Waals surface area contributed by atoms with Crippen LogP contribution in [0.2, 0.25) is 0 Å². The summed E-state index contributed by atoms with van der Waals surface area (Å²) >= 11 is 0. The Balaban J connectivity index is 1.77. The fraction of sp³-hybridized carbons (Fsp3) is 0.350. The topological polar surface area (TPSA) is 47.6 Å². The fourth-order valence-corrected chi connectivity index (χ4v) is 2.97. The summed E-state index contributed by atoms with van der Waals surface area (Å²) in [6.45, 7) is 6.99. The summed E-state index contributed by atoms with van der Waals surface area (Å²) in [5, 5.41) is 2.97. The molecule has 0 aliphatic carbocycles. The normalized spacial score (nSPS) is 15.5. The van der Waals surface area contributed by atoms with Gasteiger partial charge < -0.3 is 14.8 Å². The number of rotatable bonds is 5. The molecular weight excluding hydrogens is 302 g/mol. The molecule has 126 valence electrons. The van der Waals surface area contributed by atoms with Crippen molar-refractivity contribution in [2.45, 2.75) is 39.8 Å². The van der Waals surface area contributed by atoms with Crippen molar-refractivity contribution in [2.24, 2.45) is 0 Å². The SMILES string of the molecule is CCOc1cc2c(cc1CNC(=O)c1cccc(C)c1)O[C@@H](C)C2. The van der Waals surface area contributed by atoms with E-state index in [1.54, 1.807) is 0 Å². The molecule has 1 atom stereocenters. The van der Waals surface area contributed by atoms with Gasteiger partial charge in [0.05, 0.1) is 6.61 Å². The van der Waals surface area contributed by atoms with Gasteiger partial charge in [0.1, 0.15) is 17.6 Å². The average Bonchev–Trinajstić information content (AvgIpc) is 2.91. The third-order valence-corrected chi connectivity index (χ3v) is 4.10. The van der Waals surface area contributed by atoms with Crippen molar-refractivity contribution in [3.8, 4) is 11.5 Å². The van der Waals surface area contributed by atoms with Crippen LogP contribution in [-0.2, 0) is 13.0 Å². The lowest BCUT2D eigenvalue weighted by molar-refractivity contribution is 0.0950. The molecule has 0 aromatic heterocycles. The van der Waals surface area contributed by atoms with E-state index >= 15 is 0 Å². The van der Waals surface area contributed by atoms with E-state index in [0.717, 1.165) is 29.0 Å². The molecule has 0 bridgehead atoms. The smallest absolute Gasteiger partial charge is 0.251 e. The summed E-state index contributed by atoms with van der Waals surface area (Å²) in [5.41, 5.74) is 3.84. The molecule has 4 nitrogen and oxygen atoms in total. The van der Waals surface area contributed by atoms with Gasteiger partial charge in [-0.1, -0.05) is 17.7 Å². The van der Waals surface area contributed by atoms with Gasteiger partial charge >= 0.3 is 0 Å². The number of hydrogen-bond donors (Lipinski definition) is 1. The Labute approximate surface area is 142 Å². The predicted octanol–water partition coefficient (Wildman–Crippen LogP) is 3.65. The number of nitrogens with one attached hydrogen (secondary N) is 1. The minimum absolute atomic E-state index is 0.0871. The molecule has 0 unspecified atom stereocenters. The average molecular weight is 325 g/mol. The highest BCUT2D eigenvalue weighted by atomic mass is 16.5. The van der Waals surface area contributed by atoms with Crippen molar-refractivity contribution in [3.63, 3.8) is 0 Å². The second-order valence-corrected chi connectivity index (χ2v) is 6.19. The molecule has 1 heterocycles. The van der Waals surface area contributed by atoms with Crippen LogP contribution in [0.3, 0.4) is 0 Å². The quantitative estimate of drug-likeness (QED) is 0.913. The summed E-state index contributed by atoms with van der Waals surface area (Å²) in [6, 6.07) is 11.6. The van der Waals surface area contributed by atoms with Crippen LogP contribution < -0.4 is 14.8 Å². The van der Waals surface area contributed by atoms with Crippen LogP contribution in [0.4, 0.5) is 0 Å². The second-order valence-electron chi connectivity index (χ2n) is 6.19. The highest BCUT2D eigenvalue weighted by molar-refractivity contribution is 5.94. The first kappa shape index (κ1) is 16.4. The zero-order chi connectivity index (χ0) is 17.1. The minimum atomic E-state index is -0.0871. The van der Waals surface area contributed by atoms with Crippen molar-refractivity contribution >= 4 is 5.91 Å². The Morgan fingerprint density at radius 2 is 2.17 bits per heavy atom. The summed E-state index contributed by atoms with van der Waals surface area (Å²) in [6.07, 6.45) is 1.08. The zero-order valence-corrected chi connectivity index (χ0v) is 14.4. The lowest BCUT2D eigenvalue weighted by Gasteiger charge is -2.13. The Hall–Kier alpha value is -2.49. The molecule has 1 N–H and O–H groups in total. The van der Waals surface area contributed by atoms with Crippen LogP contribution in [-0.4, -0.2) is 18.6 Å². The molecular formula is C20H23NO3. The van der Waals surface area contributed by atoms with E-state index in [0.29, 0.717) is 18.7 Å². The maximum atomic E-state index is 12.3. The van der Waals surface area contributed by atoms with E-state index in [2.05, 4.69) is 12.2 Å². The molecule has 0 saturated heterocycles. The largest absolute Gasteiger partial charge is 0.494 e. The number of carbonyl (C=O) groups excluding carboxylic acids is 1. The predicted molar refractivity (Wildman–Crippen MR) is 93.8 cm³/mol. The number of amides is 1. The van der Waals surface area contributed by atoms with Crippen molar-refractivity contribution in [1.29, 1.82) is 0 Å². The van der Waals surface area contributed by atoms with Gasteiger partial charge in [-0.25, -0.2) is 0 Å². The van der Waals surface area contributed by atoms with Gasteiger partial charge in [-0.15, -0.1) is 0 Å². The Morgan fingerprint density at radius 1 is 1.33 bits per heavy atom. The monoisotopic (exact) mass is 325 g/mol. The van der Waals surface area contributed by atoms with Gasteiger partial charge in [-0.05, 0) is 45.0 Å². The summed E-state index contributed by atoms with van der Waals surface area (Å²) in [7, 11) is 0. The maximum Gasteiger partial charge on any atom is 0.251 e. The number of aryl methyl sites for hydroxylation is 1. The number of ether oxygens (including phenoxy) is 2. The Morgan fingerprint density at radius 3 is 2.92 bits per heavy atom. The standard InChI is InChI=1S/C20H23NO3/c1-4-23-18-10-16-9-14(3)24-19(16)11-17(18)12-21-20(22)15-7-5-6-13(2)8-15/h5-8,10-11,14H,4,9,12H2,1-3H3,(H,21,22)/t14-/m0/s1. The molecule has 0 saturated carbocycles. The van der Waals surface area contributed by atoms with Crippen molar-refractivity contribution in [3.05, 3.63) is 58.7 Å². The van der Waals surface area contributed by atoms with E-state index in [-0.39, 0.29) is 12.0 Å². The molecule has 2 aromatic carbocycles. The molecule has 1 aliphatic heterocycles. The summed E-state index contributed by atoms with van der Waals surface area (Å²) in [5.74, 6) is 1.63. The molecule has 3 rings (SSSR count). The lowest BCUT2D eigenvalue weighted by Crippen LogP contribution is -2.23. The van der Waals surface area contributed by atoms with Crippen LogP contribution in [0, 0.1) is 6.92 Å². The Kier molecular flexibility index (Phi) is 4.74. The van der Waals surface area contributed by atoms with E-state index in [1.807, 2.05) is 50.2 Å². The van der Waals surface area contributed by atoms with Gasteiger partial charge in [0, 0.05) is 29.7 Å². The van der Waals surface area contributed by atoms with Crippen LogP contribution in [0.5, 0.6) is 11.5 Å². The highest BCUT2D eigenvalue weighted by Gasteiger charge is 2.22. The van der Waals surface area contributed by atoms with Crippen LogP contribution >= 0.6 is 0 Å². The third kappa shape index (κ3) is 3.53. The second kappa shape index (κ2) is 6.95. The molecule has 0 radical (unpaired) electrons. The van der Waals surface area contributed by atoms with Gasteiger partial charge in [0.2, 0.25) is 0 Å². The van der Waals surface area contributed by atoms with Gasteiger partial charge in [0.25, 0.3) is 5.91 Å². The maximum absolute atomic E-state index is 12.3. The molecule has 2 aromatic rings. The highest BCUT2D eigenvalue weighted by Crippen LogP contribution is 2.35. The fourth-order valence-electron chi connectivity index (χ4n) is 2.97. The molecule has 0 spiro atoms. The number of carbonyl (C=O) groups is 1. The number of benzene rings is 2. The van der Waals surface area contributed by atoms with E-state index < -0.39 is 0 Å². The van der Waals surface area contributed by atoms with E-state index in [4.69, 9.17) is 9.47 Å². The third-order valence-electron chi connectivity index (χ3n) is 4.10. The van der Waals surface area contributed by atoms with Gasteiger partial charge in [0.15, 0.2) is 0 Å². The van der Waals surface area contributed by atoms with Crippen LogP contribution in [0.25, 0.3) is 0 Å².